The average Bonchev–Trinajstić information content (AvgIpc) is 3.29. The number of rotatable bonds is 7. The van der Waals surface area contributed by atoms with Gasteiger partial charge in [0.15, 0.2) is 9.84 Å². The fourth-order valence-corrected chi connectivity index (χ4v) is 6.18. The van der Waals surface area contributed by atoms with E-state index >= 15 is 0 Å². The minimum atomic E-state index is -3.85. The Bertz CT molecular complexity index is 1050. The Hall–Kier alpha value is -1.94. The van der Waals surface area contributed by atoms with Crippen LogP contribution in [0.3, 0.4) is 0 Å². The molecule has 0 saturated heterocycles. The number of nitrogens with one attached hydrogen (secondary N) is 1. The van der Waals surface area contributed by atoms with Gasteiger partial charge in [-0.3, -0.25) is 0 Å². The predicted octanol–water partition coefficient (Wildman–Crippen LogP) is 3.14. The lowest BCUT2D eigenvalue weighted by molar-refractivity contribution is 0.486. The summed E-state index contributed by atoms with van der Waals surface area (Å²) in [5.41, 5.74) is 0.928. The number of aryl methyl sites for hydroxylation is 1. The van der Waals surface area contributed by atoms with Gasteiger partial charge in [0.1, 0.15) is 15.2 Å². The van der Waals surface area contributed by atoms with Gasteiger partial charge in [-0.15, -0.1) is 11.3 Å². The molecule has 0 aliphatic carbocycles. The number of sulfone groups is 1. The molecular formula is C17H17NO5S3. The maximum Gasteiger partial charge on any atom is 0.250 e. The maximum atomic E-state index is 13.1. The fraction of sp³-hybridized carbons (Fsp3) is 0.176. The second kappa shape index (κ2) is 7.36. The normalized spacial score (nSPS) is 13.6. The molecule has 0 radical (unpaired) electrons. The molecule has 138 valence electrons. The molecule has 6 nitrogen and oxygen atoms in total. The van der Waals surface area contributed by atoms with Gasteiger partial charge in [-0.1, -0.05) is 23.8 Å². The maximum absolute atomic E-state index is 13.1. The first-order valence-electron chi connectivity index (χ1n) is 7.68. The van der Waals surface area contributed by atoms with Crippen molar-refractivity contribution < 1.29 is 21.3 Å². The molecule has 0 fully saturated rings. The van der Waals surface area contributed by atoms with Crippen molar-refractivity contribution in [1.82, 2.24) is 4.72 Å². The molecule has 0 amide bonds. The van der Waals surface area contributed by atoms with E-state index in [9.17, 15) is 16.8 Å². The number of sulfonamides is 1. The van der Waals surface area contributed by atoms with Gasteiger partial charge in [0.05, 0.1) is 11.2 Å². The topological polar surface area (TPSA) is 93.5 Å². The molecule has 0 aliphatic heterocycles. The molecule has 0 aliphatic rings. The van der Waals surface area contributed by atoms with Gasteiger partial charge in [-0.05, 0) is 42.6 Å². The minimum Gasteiger partial charge on any atom is -0.468 e. The van der Waals surface area contributed by atoms with Crippen molar-refractivity contribution in [3.8, 4) is 0 Å². The Morgan fingerprint density at radius 1 is 1.04 bits per heavy atom. The number of benzene rings is 1. The van der Waals surface area contributed by atoms with E-state index in [-0.39, 0.29) is 21.4 Å². The van der Waals surface area contributed by atoms with Gasteiger partial charge in [-0.25, -0.2) is 21.6 Å². The molecule has 0 bridgehead atoms. The van der Waals surface area contributed by atoms with Crippen molar-refractivity contribution in [3.05, 3.63) is 71.5 Å². The second-order valence-electron chi connectivity index (χ2n) is 5.65. The summed E-state index contributed by atoms with van der Waals surface area (Å²) in [4.78, 5) is 0.111. The van der Waals surface area contributed by atoms with Crippen molar-refractivity contribution in [3.63, 3.8) is 0 Å². The molecule has 1 atom stereocenters. The zero-order chi connectivity index (χ0) is 18.8. The summed E-state index contributed by atoms with van der Waals surface area (Å²) < 4.78 is 58.6. The van der Waals surface area contributed by atoms with Crippen LogP contribution < -0.4 is 4.72 Å². The standard InChI is InChI=1S/C17H17NO5S3/c1-13-6-8-14(9-7-13)25(19,20)16(15-4-2-10-23-15)12-18-26(21,22)17-5-3-11-24-17/h2-11,16,18H,12H2,1H3. The predicted molar refractivity (Wildman–Crippen MR) is 99.3 cm³/mol. The Kier molecular flexibility index (Phi) is 5.33. The van der Waals surface area contributed by atoms with Gasteiger partial charge in [-0.2, -0.15) is 0 Å². The van der Waals surface area contributed by atoms with E-state index in [0.29, 0.717) is 0 Å². The third-order valence-corrected chi connectivity index (χ3v) is 8.70. The van der Waals surface area contributed by atoms with Crippen LogP contribution in [-0.2, 0) is 19.9 Å². The van der Waals surface area contributed by atoms with E-state index in [0.717, 1.165) is 16.9 Å². The van der Waals surface area contributed by atoms with Crippen LogP contribution in [-0.4, -0.2) is 23.4 Å². The number of furan rings is 1. The SMILES string of the molecule is Cc1ccc(S(=O)(=O)C(CNS(=O)(=O)c2cccs2)c2ccco2)cc1. The second-order valence-corrected chi connectivity index (χ2v) is 10.7. The third kappa shape index (κ3) is 3.90. The van der Waals surface area contributed by atoms with E-state index in [1.807, 2.05) is 6.92 Å². The summed E-state index contributed by atoms with van der Waals surface area (Å²) in [6, 6.07) is 12.6. The van der Waals surface area contributed by atoms with Crippen molar-refractivity contribution in [2.75, 3.05) is 6.54 Å². The van der Waals surface area contributed by atoms with Crippen LogP contribution in [0.1, 0.15) is 16.6 Å². The molecule has 3 rings (SSSR count). The summed E-state index contributed by atoms with van der Waals surface area (Å²) in [5, 5.41) is 0.469. The summed E-state index contributed by atoms with van der Waals surface area (Å²) in [6.45, 7) is 1.53. The van der Waals surface area contributed by atoms with Gasteiger partial charge < -0.3 is 4.42 Å². The fourth-order valence-electron chi connectivity index (χ4n) is 2.40. The zero-order valence-corrected chi connectivity index (χ0v) is 16.3. The highest BCUT2D eigenvalue weighted by atomic mass is 32.2. The largest absolute Gasteiger partial charge is 0.468 e. The Balaban J connectivity index is 1.93. The molecule has 1 unspecified atom stereocenters. The molecule has 26 heavy (non-hydrogen) atoms. The molecule has 1 aromatic carbocycles. The van der Waals surface area contributed by atoms with E-state index in [1.54, 1.807) is 29.6 Å². The lowest BCUT2D eigenvalue weighted by Gasteiger charge is -2.16. The zero-order valence-electron chi connectivity index (χ0n) is 13.8. The molecular weight excluding hydrogens is 394 g/mol. The lowest BCUT2D eigenvalue weighted by atomic mass is 10.2. The van der Waals surface area contributed by atoms with Gasteiger partial charge in [0.2, 0.25) is 10.0 Å². The summed E-state index contributed by atoms with van der Waals surface area (Å²) in [6.07, 6.45) is 1.36. The Labute approximate surface area is 156 Å². The molecule has 9 heteroatoms. The van der Waals surface area contributed by atoms with Crippen LogP contribution in [0.5, 0.6) is 0 Å². The minimum absolute atomic E-state index is 0.111. The van der Waals surface area contributed by atoms with Crippen molar-refractivity contribution in [2.24, 2.45) is 0 Å². The van der Waals surface area contributed by atoms with E-state index < -0.39 is 25.1 Å². The van der Waals surface area contributed by atoms with Crippen molar-refractivity contribution >= 4 is 31.2 Å². The van der Waals surface area contributed by atoms with E-state index in [2.05, 4.69) is 4.72 Å². The van der Waals surface area contributed by atoms with Gasteiger partial charge in [0.25, 0.3) is 0 Å². The highest BCUT2D eigenvalue weighted by Gasteiger charge is 2.33. The number of hydrogen-bond donors (Lipinski definition) is 1. The highest BCUT2D eigenvalue weighted by molar-refractivity contribution is 7.92. The average molecular weight is 412 g/mol. The van der Waals surface area contributed by atoms with Crippen LogP contribution in [0.2, 0.25) is 0 Å². The summed E-state index contributed by atoms with van der Waals surface area (Å²) in [5.74, 6) is 0.180. The van der Waals surface area contributed by atoms with Crippen LogP contribution in [0.4, 0.5) is 0 Å². The molecule has 2 aromatic heterocycles. The van der Waals surface area contributed by atoms with Crippen LogP contribution in [0.25, 0.3) is 0 Å². The van der Waals surface area contributed by atoms with E-state index in [4.69, 9.17) is 4.42 Å². The Morgan fingerprint density at radius 2 is 1.77 bits per heavy atom. The third-order valence-electron chi connectivity index (χ3n) is 3.80. The van der Waals surface area contributed by atoms with E-state index in [1.165, 1.54) is 30.5 Å². The van der Waals surface area contributed by atoms with Gasteiger partial charge >= 0.3 is 0 Å². The number of thiophene rings is 1. The summed E-state index contributed by atoms with van der Waals surface area (Å²) in [7, 11) is -7.64. The van der Waals surface area contributed by atoms with Crippen LogP contribution in [0.15, 0.2) is 73.7 Å². The molecule has 0 saturated carbocycles. The number of hydrogen-bond acceptors (Lipinski definition) is 6. The lowest BCUT2D eigenvalue weighted by Crippen LogP contribution is -2.31. The van der Waals surface area contributed by atoms with Crippen molar-refractivity contribution in [1.29, 1.82) is 0 Å². The molecule has 1 N–H and O–H groups in total. The summed E-state index contributed by atoms with van der Waals surface area (Å²) >= 11 is 1.06. The van der Waals surface area contributed by atoms with Crippen LogP contribution >= 0.6 is 11.3 Å². The molecule has 0 spiro atoms. The highest BCUT2D eigenvalue weighted by Crippen LogP contribution is 2.29. The van der Waals surface area contributed by atoms with Crippen LogP contribution in [0, 0.1) is 6.92 Å². The monoisotopic (exact) mass is 411 g/mol. The first-order valence-corrected chi connectivity index (χ1v) is 11.6. The smallest absolute Gasteiger partial charge is 0.250 e. The quantitative estimate of drug-likeness (QED) is 0.645. The molecule has 2 heterocycles. The van der Waals surface area contributed by atoms with Crippen molar-refractivity contribution in [2.45, 2.75) is 21.3 Å². The van der Waals surface area contributed by atoms with Gasteiger partial charge in [0, 0.05) is 6.54 Å². The Morgan fingerprint density at radius 3 is 2.35 bits per heavy atom. The first-order chi connectivity index (χ1) is 12.3. The molecule has 3 aromatic rings. The first kappa shape index (κ1) is 18.8.